The Kier molecular flexibility index (Phi) is 6.79. The van der Waals surface area contributed by atoms with Crippen molar-refractivity contribution < 1.29 is 24.3 Å². The number of nitrogens with zero attached hydrogens (tertiary/aromatic N) is 2. The number of rotatable bonds is 8. The van der Waals surface area contributed by atoms with Crippen LogP contribution in [0.3, 0.4) is 0 Å². The second-order valence-electron chi connectivity index (χ2n) is 6.32. The van der Waals surface area contributed by atoms with E-state index in [1.165, 1.54) is 37.6 Å². The summed E-state index contributed by atoms with van der Waals surface area (Å²) in [5.74, 6) is -0.670. The Morgan fingerprint density at radius 1 is 1.16 bits per heavy atom. The van der Waals surface area contributed by atoms with Gasteiger partial charge in [-0.1, -0.05) is 42.5 Å². The largest absolute Gasteiger partial charge is 0.507 e. The number of benzene rings is 3. The first-order chi connectivity index (χ1) is 15.0. The van der Waals surface area contributed by atoms with Crippen LogP contribution in [0, 0.1) is 10.1 Å². The van der Waals surface area contributed by atoms with Gasteiger partial charge in [0.1, 0.15) is 12.4 Å². The molecule has 0 radical (unpaired) electrons. The second kappa shape index (κ2) is 9.88. The van der Waals surface area contributed by atoms with Gasteiger partial charge >= 0.3 is 5.69 Å². The van der Waals surface area contributed by atoms with Crippen LogP contribution < -0.4 is 14.9 Å². The Hall–Kier alpha value is -4.40. The summed E-state index contributed by atoms with van der Waals surface area (Å²) in [5, 5.41) is 25.1. The number of phenolic OH excluding ortho intramolecular Hbond substituents is 1. The van der Waals surface area contributed by atoms with Gasteiger partial charge in [-0.15, -0.1) is 0 Å². The lowest BCUT2D eigenvalue weighted by molar-refractivity contribution is -0.386. The molecule has 0 fully saturated rings. The molecule has 0 atom stereocenters. The second-order valence-corrected chi connectivity index (χ2v) is 6.32. The zero-order chi connectivity index (χ0) is 22.2. The van der Waals surface area contributed by atoms with Gasteiger partial charge in [-0.25, -0.2) is 5.43 Å². The van der Waals surface area contributed by atoms with Gasteiger partial charge in [0.05, 0.1) is 23.8 Å². The number of amides is 1. The minimum absolute atomic E-state index is 0.00764. The van der Waals surface area contributed by atoms with Gasteiger partial charge in [-0.2, -0.15) is 5.10 Å². The number of hydrogen-bond acceptors (Lipinski definition) is 7. The number of carbonyl (C=O) groups is 1. The van der Waals surface area contributed by atoms with E-state index in [0.717, 1.165) is 5.56 Å². The molecule has 158 valence electrons. The highest BCUT2D eigenvalue weighted by Gasteiger charge is 2.22. The first-order valence-corrected chi connectivity index (χ1v) is 9.14. The molecule has 3 aromatic rings. The van der Waals surface area contributed by atoms with Crippen molar-refractivity contribution in [3.63, 3.8) is 0 Å². The summed E-state index contributed by atoms with van der Waals surface area (Å²) in [7, 11) is 1.37. The van der Waals surface area contributed by atoms with Gasteiger partial charge in [-0.05, 0) is 23.8 Å². The summed E-state index contributed by atoms with van der Waals surface area (Å²) in [6.45, 7) is 0.127. The number of hydrazone groups is 1. The lowest BCUT2D eigenvalue weighted by Gasteiger charge is -2.12. The van der Waals surface area contributed by atoms with E-state index in [-0.39, 0.29) is 35.1 Å². The Morgan fingerprint density at radius 3 is 2.55 bits per heavy atom. The highest BCUT2D eigenvalue weighted by Crippen LogP contribution is 2.38. The summed E-state index contributed by atoms with van der Waals surface area (Å²) >= 11 is 0. The van der Waals surface area contributed by atoms with Crippen molar-refractivity contribution in [1.82, 2.24) is 5.43 Å². The quantitative estimate of drug-likeness (QED) is 0.325. The molecule has 0 saturated heterocycles. The number of phenols is 1. The maximum atomic E-state index is 12.1. The summed E-state index contributed by atoms with van der Waals surface area (Å²) in [4.78, 5) is 23.1. The lowest BCUT2D eigenvalue weighted by Crippen LogP contribution is -2.17. The minimum atomic E-state index is -0.626. The van der Waals surface area contributed by atoms with Gasteiger partial charge in [-0.3, -0.25) is 14.9 Å². The number of hydrogen-bond donors (Lipinski definition) is 2. The average Bonchev–Trinajstić information content (AvgIpc) is 2.78. The van der Waals surface area contributed by atoms with Gasteiger partial charge in [0.25, 0.3) is 5.91 Å². The summed E-state index contributed by atoms with van der Waals surface area (Å²) in [6.07, 6.45) is 1.23. The molecule has 0 aliphatic heterocycles. The van der Waals surface area contributed by atoms with Crippen molar-refractivity contribution in [2.24, 2.45) is 5.10 Å². The number of nitrogens with one attached hydrogen (secondary N) is 1. The zero-order valence-electron chi connectivity index (χ0n) is 16.5. The van der Waals surface area contributed by atoms with Crippen LogP contribution in [0.5, 0.6) is 17.2 Å². The number of carbonyl (C=O) groups excluding carboxylic acids is 1. The summed E-state index contributed by atoms with van der Waals surface area (Å²) in [6, 6.07) is 18.0. The van der Waals surface area contributed by atoms with Crippen molar-refractivity contribution in [3.05, 3.63) is 93.5 Å². The molecule has 0 bridgehead atoms. The number of aromatic hydroxyl groups is 1. The fraction of sp³-hybridized carbons (Fsp3) is 0.0909. The molecule has 0 aliphatic carbocycles. The molecule has 0 saturated carbocycles. The van der Waals surface area contributed by atoms with Gasteiger partial charge in [0.2, 0.25) is 5.75 Å². The monoisotopic (exact) mass is 421 g/mol. The molecular weight excluding hydrogens is 402 g/mol. The maximum Gasteiger partial charge on any atom is 0.315 e. The first-order valence-electron chi connectivity index (χ1n) is 9.14. The topological polar surface area (TPSA) is 123 Å². The number of nitro groups is 1. The molecule has 9 nitrogen and oxygen atoms in total. The Balaban J connectivity index is 1.80. The van der Waals surface area contributed by atoms with Crippen LogP contribution in [-0.4, -0.2) is 29.3 Å². The fourth-order valence-electron chi connectivity index (χ4n) is 2.74. The Labute approximate surface area is 177 Å². The normalized spacial score (nSPS) is 10.6. The molecule has 0 aromatic heterocycles. The number of ether oxygens (including phenoxy) is 2. The van der Waals surface area contributed by atoms with Crippen LogP contribution >= 0.6 is 0 Å². The fourth-order valence-corrected chi connectivity index (χ4v) is 2.74. The van der Waals surface area contributed by atoms with Crippen LogP contribution in [0.15, 0.2) is 71.8 Å². The summed E-state index contributed by atoms with van der Waals surface area (Å²) in [5.41, 5.74) is 3.17. The smallest absolute Gasteiger partial charge is 0.315 e. The van der Waals surface area contributed by atoms with Crippen molar-refractivity contribution in [2.75, 3.05) is 7.11 Å². The molecule has 31 heavy (non-hydrogen) atoms. The van der Waals surface area contributed by atoms with E-state index in [0.29, 0.717) is 5.56 Å². The molecule has 0 aliphatic rings. The van der Waals surface area contributed by atoms with Gasteiger partial charge in [0.15, 0.2) is 5.75 Å². The van der Waals surface area contributed by atoms with E-state index in [2.05, 4.69) is 10.5 Å². The SMILES string of the molecule is COc1cc(/C=N\NC(=O)c2ccccc2O)cc([N+](=O)[O-])c1OCc1ccccc1. The van der Waals surface area contributed by atoms with Gasteiger partial charge in [0, 0.05) is 11.6 Å². The third-order valence-electron chi connectivity index (χ3n) is 4.23. The molecule has 2 N–H and O–H groups in total. The number of para-hydroxylation sites is 1. The zero-order valence-corrected chi connectivity index (χ0v) is 16.5. The third kappa shape index (κ3) is 5.36. The van der Waals surface area contributed by atoms with Crippen LogP contribution in [0.1, 0.15) is 21.5 Å². The average molecular weight is 421 g/mol. The highest BCUT2D eigenvalue weighted by molar-refractivity contribution is 5.97. The Bertz CT molecular complexity index is 1120. The maximum absolute atomic E-state index is 12.1. The molecule has 3 rings (SSSR count). The number of methoxy groups -OCH3 is 1. The van der Waals surface area contributed by atoms with Crippen LogP contribution in [0.25, 0.3) is 0 Å². The van der Waals surface area contributed by atoms with E-state index in [1.54, 1.807) is 12.1 Å². The molecule has 0 heterocycles. The predicted octanol–water partition coefficient (Wildman–Crippen LogP) is 3.65. The molecule has 0 unspecified atom stereocenters. The molecule has 1 amide bonds. The minimum Gasteiger partial charge on any atom is -0.507 e. The van der Waals surface area contributed by atoms with Gasteiger partial charge < -0.3 is 14.6 Å². The molecule has 9 heteroatoms. The molecule has 0 spiro atoms. The van der Waals surface area contributed by atoms with Crippen molar-refractivity contribution >= 4 is 17.8 Å². The summed E-state index contributed by atoms with van der Waals surface area (Å²) < 4.78 is 10.9. The van der Waals surface area contributed by atoms with Crippen molar-refractivity contribution in [1.29, 1.82) is 0 Å². The molecular formula is C22H19N3O6. The van der Waals surface area contributed by atoms with Crippen LogP contribution in [0.2, 0.25) is 0 Å². The van der Waals surface area contributed by atoms with E-state index >= 15 is 0 Å². The van der Waals surface area contributed by atoms with E-state index in [1.807, 2.05) is 30.3 Å². The predicted molar refractivity (Wildman–Crippen MR) is 114 cm³/mol. The first kappa shape index (κ1) is 21.3. The van der Waals surface area contributed by atoms with E-state index in [9.17, 15) is 20.0 Å². The highest BCUT2D eigenvalue weighted by atomic mass is 16.6. The van der Waals surface area contributed by atoms with E-state index in [4.69, 9.17) is 9.47 Å². The van der Waals surface area contributed by atoms with Crippen molar-refractivity contribution in [3.8, 4) is 17.2 Å². The Morgan fingerprint density at radius 2 is 1.87 bits per heavy atom. The standard InChI is InChI=1S/C22H19N3O6/c1-30-20-12-16(13-23-24-22(27)17-9-5-6-10-19(17)26)11-18(25(28)29)21(20)31-14-15-7-3-2-4-8-15/h2-13,26H,14H2,1H3,(H,24,27)/b23-13-. The van der Waals surface area contributed by atoms with Crippen molar-refractivity contribution in [2.45, 2.75) is 6.61 Å². The number of nitro benzene ring substituents is 1. The lowest BCUT2D eigenvalue weighted by atomic mass is 10.1. The molecule has 3 aromatic carbocycles. The van der Waals surface area contributed by atoms with E-state index < -0.39 is 10.8 Å². The third-order valence-corrected chi connectivity index (χ3v) is 4.23. The van der Waals surface area contributed by atoms with Crippen LogP contribution in [0.4, 0.5) is 5.69 Å². The van der Waals surface area contributed by atoms with Crippen LogP contribution in [-0.2, 0) is 6.61 Å².